The maximum absolute atomic E-state index is 5.97. The van der Waals surface area contributed by atoms with Gasteiger partial charge in [-0.25, -0.2) is 0 Å². The van der Waals surface area contributed by atoms with Gasteiger partial charge in [0.1, 0.15) is 0 Å². The minimum absolute atomic E-state index is 0.00439. The van der Waals surface area contributed by atoms with E-state index in [0.29, 0.717) is 6.54 Å². The highest BCUT2D eigenvalue weighted by Gasteiger charge is 2.28. The average Bonchev–Trinajstić information content (AvgIpc) is 2.41. The average molecular weight is 243 g/mol. The minimum Gasteiger partial charge on any atom is -0.399 e. The quantitative estimate of drug-likeness (QED) is 0.811. The Morgan fingerprint density at radius 1 is 1.11 bits per heavy atom. The second-order valence-electron chi connectivity index (χ2n) is 4.84. The van der Waals surface area contributed by atoms with Crippen molar-refractivity contribution in [2.24, 2.45) is 5.73 Å². The number of nitrogens with two attached hydrogens (primary N) is 2. The molecule has 0 unspecified atom stereocenters. The normalized spacial score (nSPS) is 11.9. The maximum Gasteiger partial charge on any atom is 0.0707 e. The van der Waals surface area contributed by atoms with Crippen LogP contribution in [0.25, 0.3) is 10.9 Å². The number of pyridine rings is 1. The molecule has 0 amide bonds. The van der Waals surface area contributed by atoms with Gasteiger partial charge in [0.2, 0.25) is 0 Å². The van der Waals surface area contributed by atoms with Gasteiger partial charge in [0, 0.05) is 28.7 Å². The molecule has 0 saturated heterocycles. The van der Waals surface area contributed by atoms with Crippen LogP contribution in [0.3, 0.4) is 0 Å². The second kappa shape index (κ2) is 4.94. The highest BCUT2D eigenvalue weighted by molar-refractivity contribution is 5.82. The molecule has 0 aliphatic rings. The van der Waals surface area contributed by atoms with Crippen LogP contribution >= 0.6 is 0 Å². The van der Waals surface area contributed by atoms with E-state index in [1.807, 2.05) is 18.2 Å². The van der Waals surface area contributed by atoms with Crippen molar-refractivity contribution >= 4 is 16.6 Å². The molecular formula is C15H21N3. The van der Waals surface area contributed by atoms with Gasteiger partial charge in [0.25, 0.3) is 0 Å². The van der Waals surface area contributed by atoms with Crippen LogP contribution in [-0.4, -0.2) is 11.5 Å². The molecule has 0 atom stereocenters. The van der Waals surface area contributed by atoms with Gasteiger partial charge in [-0.1, -0.05) is 19.9 Å². The molecule has 3 heteroatoms. The molecule has 96 valence electrons. The number of nitrogens with zero attached hydrogens (tertiary/aromatic N) is 1. The zero-order chi connectivity index (χ0) is 13.2. The molecule has 0 fully saturated rings. The lowest BCUT2D eigenvalue weighted by molar-refractivity contribution is 0.396. The van der Waals surface area contributed by atoms with E-state index in [-0.39, 0.29) is 5.41 Å². The van der Waals surface area contributed by atoms with Gasteiger partial charge in [-0.2, -0.15) is 0 Å². The Kier molecular flexibility index (Phi) is 3.53. The number of benzene rings is 1. The summed E-state index contributed by atoms with van der Waals surface area (Å²) in [5.41, 5.74) is 14.6. The predicted molar refractivity (Wildman–Crippen MR) is 77.5 cm³/mol. The van der Waals surface area contributed by atoms with Crippen LogP contribution in [0.15, 0.2) is 30.3 Å². The van der Waals surface area contributed by atoms with Gasteiger partial charge in [0.05, 0.1) is 5.52 Å². The van der Waals surface area contributed by atoms with Crippen LogP contribution in [0.2, 0.25) is 0 Å². The van der Waals surface area contributed by atoms with E-state index in [0.717, 1.165) is 35.1 Å². The number of hydrogen-bond donors (Lipinski definition) is 2. The molecule has 1 aromatic heterocycles. The van der Waals surface area contributed by atoms with E-state index in [4.69, 9.17) is 16.5 Å². The first kappa shape index (κ1) is 12.8. The Morgan fingerprint density at radius 2 is 1.83 bits per heavy atom. The van der Waals surface area contributed by atoms with Crippen molar-refractivity contribution in [3.8, 4) is 0 Å². The van der Waals surface area contributed by atoms with Crippen molar-refractivity contribution in [1.29, 1.82) is 0 Å². The Bertz CT molecular complexity index is 536. The monoisotopic (exact) mass is 243 g/mol. The van der Waals surface area contributed by atoms with Gasteiger partial charge in [0.15, 0.2) is 0 Å². The van der Waals surface area contributed by atoms with E-state index >= 15 is 0 Å². The van der Waals surface area contributed by atoms with Crippen molar-refractivity contribution < 1.29 is 0 Å². The number of fused-ring (bicyclic) bond motifs is 1. The first-order chi connectivity index (χ1) is 8.65. The lowest BCUT2D eigenvalue weighted by Gasteiger charge is -2.29. The predicted octanol–water partition coefficient (Wildman–Crippen LogP) is 2.83. The first-order valence-electron chi connectivity index (χ1n) is 6.52. The van der Waals surface area contributed by atoms with E-state index in [1.165, 1.54) is 0 Å². The third-order valence-electron chi connectivity index (χ3n) is 4.00. The van der Waals surface area contributed by atoms with E-state index < -0.39 is 0 Å². The number of anilines is 1. The molecule has 0 aliphatic heterocycles. The third kappa shape index (κ3) is 2.06. The number of rotatable bonds is 4. The molecule has 0 radical (unpaired) electrons. The van der Waals surface area contributed by atoms with E-state index in [9.17, 15) is 0 Å². The highest BCUT2D eigenvalue weighted by atomic mass is 14.8. The fraction of sp³-hybridized carbons (Fsp3) is 0.400. The van der Waals surface area contributed by atoms with Gasteiger partial charge >= 0.3 is 0 Å². The van der Waals surface area contributed by atoms with Crippen molar-refractivity contribution in [2.75, 3.05) is 12.3 Å². The van der Waals surface area contributed by atoms with Crippen LogP contribution in [0.5, 0.6) is 0 Å². The lowest BCUT2D eigenvalue weighted by atomic mass is 9.79. The SMILES string of the molecule is CCC(CC)(CN)c1ccc2cc(N)ccc2n1. The summed E-state index contributed by atoms with van der Waals surface area (Å²) in [7, 11) is 0. The molecule has 18 heavy (non-hydrogen) atoms. The molecule has 0 saturated carbocycles. The zero-order valence-electron chi connectivity index (χ0n) is 11.1. The fourth-order valence-corrected chi connectivity index (χ4v) is 2.44. The van der Waals surface area contributed by atoms with Gasteiger partial charge < -0.3 is 11.5 Å². The van der Waals surface area contributed by atoms with Crippen molar-refractivity contribution in [3.05, 3.63) is 36.0 Å². The summed E-state index contributed by atoms with van der Waals surface area (Å²) < 4.78 is 0. The van der Waals surface area contributed by atoms with Crippen LogP contribution in [0, 0.1) is 0 Å². The second-order valence-corrected chi connectivity index (χ2v) is 4.84. The lowest BCUT2D eigenvalue weighted by Crippen LogP contribution is -2.34. The molecule has 2 rings (SSSR count). The first-order valence-corrected chi connectivity index (χ1v) is 6.52. The number of hydrogen-bond acceptors (Lipinski definition) is 3. The smallest absolute Gasteiger partial charge is 0.0707 e. The highest BCUT2D eigenvalue weighted by Crippen LogP contribution is 2.30. The van der Waals surface area contributed by atoms with Gasteiger partial charge in [-0.15, -0.1) is 0 Å². The molecule has 0 spiro atoms. The Balaban J connectivity index is 2.55. The number of aromatic nitrogens is 1. The van der Waals surface area contributed by atoms with Gasteiger partial charge in [-0.3, -0.25) is 4.98 Å². The molecule has 1 aromatic carbocycles. The summed E-state index contributed by atoms with van der Waals surface area (Å²) in [6, 6.07) is 9.99. The molecule has 0 aliphatic carbocycles. The summed E-state index contributed by atoms with van der Waals surface area (Å²) in [5, 5.41) is 1.08. The largest absolute Gasteiger partial charge is 0.399 e. The maximum atomic E-state index is 5.97. The summed E-state index contributed by atoms with van der Waals surface area (Å²) >= 11 is 0. The van der Waals surface area contributed by atoms with Crippen molar-refractivity contribution in [3.63, 3.8) is 0 Å². The van der Waals surface area contributed by atoms with Crippen LogP contribution < -0.4 is 11.5 Å². The Labute approximate surface area is 108 Å². The summed E-state index contributed by atoms with van der Waals surface area (Å²) in [4.78, 5) is 4.77. The van der Waals surface area contributed by atoms with Gasteiger partial charge in [-0.05, 0) is 37.1 Å². The summed E-state index contributed by atoms with van der Waals surface area (Å²) in [5.74, 6) is 0. The fourth-order valence-electron chi connectivity index (χ4n) is 2.44. The number of nitrogen functional groups attached to an aromatic ring is 1. The zero-order valence-corrected chi connectivity index (χ0v) is 11.1. The molecule has 0 bridgehead atoms. The van der Waals surface area contributed by atoms with Crippen molar-refractivity contribution in [1.82, 2.24) is 4.98 Å². The standard InChI is InChI=1S/C15H21N3/c1-3-15(4-2,10-16)14-8-5-11-9-12(17)6-7-13(11)18-14/h5-9H,3-4,10,16-17H2,1-2H3. The van der Waals surface area contributed by atoms with Crippen LogP contribution in [-0.2, 0) is 5.41 Å². The minimum atomic E-state index is -0.00439. The molecular weight excluding hydrogens is 222 g/mol. The molecule has 1 heterocycles. The molecule has 4 N–H and O–H groups in total. The van der Waals surface area contributed by atoms with Crippen LogP contribution in [0.4, 0.5) is 5.69 Å². The molecule has 2 aromatic rings. The Hall–Kier alpha value is -1.61. The van der Waals surface area contributed by atoms with E-state index in [2.05, 4.69) is 26.0 Å². The Morgan fingerprint density at radius 3 is 2.44 bits per heavy atom. The van der Waals surface area contributed by atoms with Crippen molar-refractivity contribution in [2.45, 2.75) is 32.1 Å². The molecule has 3 nitrogen and oxygen atoms in total. The third-order valence-corrected chi connectivity index (χ3v) is 4.00. The topological polar surface area (TPSA) is 64.9 Å². The van der Waals surface area contributed by atoms with Crippen LogP contribution in [0.1, 0.15) is 32.4 Å². The summed E-state index contributed by atoms with van der Waals surface area (Å²) in [6.45, 7) is 4.98. The van der Waals surface area contributed by atoms with E-state index in [1.54, 1.807) is 0 Å². The summed E-state index contributed by atoms with van der Waals surface area (Å²) in [6.07, 6.45) is 2.01.